The Morgan fingerprint density at radius 1 is 1.12 bits per heavy atom. The first-order chi connectivity index (χ1) is 12.8. The van der Waals surface area contributed by atoms with Gasteiger partial charge in [0.15, 0.2) is 0 Å². The zero-order valence-corrected chi connectivity index (χ0v) is 14.8. The van der Waals surface area contributed by atoms with Crippen LogP contribution in [0.15, 0.2) is 60.9 Å². The van der Waals surface area contributed by atoms with Crippen molar-refractivity contribution >= 4 is 16.7 Å². The topological polar surface area (TPSA) is 59.0 Å². The van der Waals surface area contributed by atoms with Gasteiger partial charge in [-0.3, -0.25) is 9.48 Å². The van der Waals surface area contributed by atoms with E-state index >= 15 is 0 Å². The monoisotopic (exact) mass is 348 g/mol. The molecule has 2 N–H and O–H groups in total. The number of hydrogen-bond donors (Lipinski definition) is 2. The Labute approximate surface area is 153 Å². The zero-order valence-electron chi connectivity index (χ0n) is 14.8. The molecule has 2 heterocycles. The van der Waals surface area contributed by atoms with Crippen molar-refractivity contribution in [1.82, 2.24) is 20.4 Å². The second kappa shape index (κ2) is 7.30. The van der Waals surface area contributed by atoms with E-state index in [1.54, 1.807) is 6.20 Å². The summed E-state index contributed by atoms with van der Waals surface area (Å²) in [6.45, 7) is 2.30. The van der Waals surface area contributed by atoms with Gasteiger partial charge in [0.2, 0.25) is 5.91 Å². The second-order valence-corrected chi connectivity index (χ2v) is 6.92. The Morgan fingerprint density at radius 3 is 2.69 bits per heavy atom. The summed E-state index contributed by atoms with van der Waals surface area (Å²) < 4.78 is 1.83. The van der Waals surface area contributed by atoms with Gasteiger partial charge in [0.05, 0.1) is 0 Å². The number of hydrogen-bond acceptors (Lipinski definition) is 3. The lowest BCUT2D eigenvalue weighted by Gasteiger charge is -2.36. The highest BCUT2D eigenvalue weighted by atomic mass is 16.2. The highest BCUT2D eigenvalue weighted by Crippen LogP contribution is 2.27. The number of nitrogens with one attached hydrogen (secondary N) is 2. The predicted octanol–water partition coefficient (Wildman–Crippen LogP) is 2.47. The summed E-state index contributed by atoms with van der Waals surface area (Å²) in [6.07, 6.45) is 5.98. The molecule has 5 heteroatoms. The van der Waals surface area contributed by atoms with Crippen molar-refractivity contribution in [1.29, 1.82) is 0 Å². The normalized spacial score (nSPS) is 16.5. The molecule has 5 nitrogen and oxygen atoms in total. The minimum absolute atomic E-state index is 0.0727. The summed E-state index contributed by atoms with van der Waals surface area (Å²) in [5.41, 5.74) is 0.667. The largest absolute Gasteiger partial charge is 0.354 e. The molecule has 1 aromatic heterocycles. The van der Waals surface area contributed by atoms with Crippen molar-refractivity contribution in [3.8, 4) is 0 Å². The molecule has 134 valence electrons. The quantitative estimate of drug-likeness (QED) is 0.745. The van der Waals surface area contributed by atoms with Crippen LogP contribution >= 0.6 is 0 Å². The fourth-order valence-electron chi connectivity index (χ4n) is 3.80. The van der Waals surface area contributed by atoms with Crippen LogP contribution in [0.3, 0.4) is 0 Å². The SMILES string of the molecule is O=C(NCCc1ccc2ccccc2c1)C1(n2cccn2)CCNCC1. The zero-order chi connectivity index (χ0) is 17.8. The van der Waals surface area contributed by atoms with Crippen LogP contribution in [0.2, 0.25) is 0 Å². The number of rotatable bonds is 5. The molecule has 4 rings (SSSR count). The Balaban J connectivity index is 1.43. The molecule has 1 fully saturated rings. The maximum Gasteiger partial charge on any atom is 0.248 e. The molecule has 0 unspecified atom stereocenters. The van der Waals surface area contributed by atoms with Gasteiger partial charge in [-0.2, -0.15) is 5.10 Å². The highest BCUT2D eigenvalue weighted by Gasteiger charge is 2.41. The van der Waals surface area contributed by atoms with Crippen LogP contribution < -0.4 is 10.6 Å². The van der Waals surface area contributed by atoms with Crippen LogP contribution in [-0.2, 0) is 16.8 Å². The van der Waals surface area contributed by atoms with Crippen molar-refractivity contribution in [3.05, 3.63) is 66.5 Å². The van der Waals surface area contributed by atoms with Crippen molar-refractivity contribution in [2.75, 3.05) is 19.6 Å². The average molecular weight is 348 g/mol. The molecule has 2 aromatic carbocycles. The van der Waals surface area contributed by atoms with Gasteiger partial charge in [-0.25, -0.2) is 0 Å². The van der Waals surface area contributed by atoms with Crippen LogP contribution in [0, 0.1) is 0 Å². The van der Waals surface area contributed by atoms with Gasteiger partial charge in [-0.05, 0) is 54.8 Å². The van der Waals surface area contributed by atoms with Crippen molar-refractivity contribution < 1.29 is 4.79 Å². The number of carbonyl (C=O) groups excluding carboxylic acids is 1. The Kier molecular flexibility index (Phi) is 4.71. The van der Waals surface area contributed by atoms with Crippen molar-refractivity contribution in [3.63, 3.8) is 0 Å². The smallest absolute Gasteiger partial charge is 0.248 e. The van der Waals surface area contributed by atoms with E-state index in [2.05, 4.69) is 58.2 Å². The van der Waals surface area contributed by atoms with Gasteiger partial charge >= 0.3 is 0 Å². The maximum absolute atomic E-state index is 13.0. The van der Waals surface area contributed by atoms with E-state index in [-0.39, 0.29) is 5.91 Å². The third kappa shape index (κ3) is 3.22. The van der Waals surface area contributed by atoms with Crippen LogP contribution in [0.25, 0.3) is 10.8 Å². The van der Waals surface area contributed by atoms with E-state index in [4.69, 9.17) is 0 Å². The van der Waals surface area contributed by atoms with Crippen LogP contribution in [0.5, 0.6) is 0 Å². The number of aromatic nitrogens is 2. The first-order valence-electron chi connectivity index (χ1n) is 9.25. The maximum atomic E-state index is 13.0. The number of benzene rings is 2. The molecule has 0 atom stereocenters. The molecule has 3 aromatic rings. The highest BCUT2D eigenvalue weighted by molar-refractivity contribution is 5.85. The lowest BCUT2D eigenvalue weighted by molar-refractivity contribution is -0.131. The molecular weight excluding hydrogens is 324 g/mol. The molecule has 0 spiro atoms. The number of piperidine rings is 1. The summed E-state index contributed by atoms with van der Waals surface area (Å²) in [4.78, 5) is 13.0. The lowest BCUT2D eigenvalue weighted by atomic mass is 9.87. The fraction of sp³-hybridized carbons (Fsp3) is 0.333. The molecule has 1 aliphatic heterocycles. The average Bonchev–Trinajstić information content (AvgIpc) is 3.24. The Bertz CT molecular complexity index is 882. The third-order valence-electron chi connectivity index (χ3n) is 5.31. The first kappa shape index (κ1) is 16.8. The lowest BCUT2D eigenvalue weighted by Crippen LogP contribution is -2.54. The van der Waals surface area contributed by atoms with Gasteiger partial charge in [0.25, 0.3) is 0 Å². The summed E-state index contributed by atoms with van der Waals surface area (Å²) in [5, 5.41) is 13.3. The molecule has 0 saturated carbocycles. The van der Waals surface area contributed by atoms with Gasteiger partial charge < -0.3 is 10.6 Å². The van der Waals surface area contributed by atoms with Crippen LogP contribution in [-0.4, -0.2) is 35.3 Å². The minimum atomic E-state index is -0.571. The van der Waals surface area contributed by atoms with Gasteiger partial charge in [-0.1, -0.05) is 42.5 Å². The standard InChI is InChI=1S/C21H24N4O/c26-20(21(9-13-22-14-10-21)25-15-3-11-24-25)23-12-8-17-6-7-18-4-1-2-5-19(18)16-17/h1-7,11,15-16,22H,8-10,12-14H2,(H,23,26). The molecule has 1 amide bonds. The summed E-state index contributed by atoms with van der Waals surface area (Å²) in [6, 6.07) is 16.7. The van der Waals surface area contributed by atoms with E-state index < -0.39 is 5.54 Å². The van der Waals surface area contributed by atoms with Crippen LogP contribution in [0.1, 0.15) is 18.4 Å². The first-order valence-corrected chi connectivity index (χ1v) is 9.25. The van der Waals surface area contributed by atoms with Crippen LogP contribution in [0.4, 0.5) is 0 Å². The minimum Gasteiger partial charge on any atom is -0.354 e. The van der Waals surface area contributed by atoms with Gasteiger partial charge in [-0.15, -0.1) is 0 Å². The number of fused-ring (bicyclic) bond motifs is 1. The van der Waals surface area contributed by atoms with Crippen molar-refractivity contribution in [2.24, 2.45) is 0 Å². The van der Waals surface area contributed by atoms with Gasteiger partial charge in [0, 0.05) is 18.9 Å². The fourth-order valence-corrected chi connectivity index (χ4v) is 3.80. The molecule has 26 heavy (non-hydrogen) atoms. The Hall–Kier alpha value is -2.66. The molecule has 0 radical (unpaired) electrons. The number of carbonyl (C=O) groups is 1. The summed E-state index contributed by atoms with van der Waals surface area (Å²) in [7, 11) is 0. The van der Waals surface area contributed by atoms with Gasteiger partial charge in [0.1, 0.15) is 5.54 Å². The van der Waals surface area contributed by atoms with E-state index in [1.165, 1.54) is 16.3 Å². The summed E-state index contributed by atoms with van der Waals surface area (Å²) in [5.74, 6) is 0.0727. The van der Waals surface area contributed by atoms with E-state index in [1.807, 2.05) is 16.9 Å². The summed E-state index contributed by atoms with van der Waals surface area (Å²) >= 11 is 0. The van der Waals surface area contributed by atoms with E-state index in [9.17, 15) is 4.79 Å². The Morgan fingerprint density at radius 2 is 1.92 bits per heavy atom. The second-order valence-electron chi connectivity index (χ2n) is 6.92. The van der Waals surface area contributed by atoms with Crippen molar-refractivity contribution in [2.45, 2.75) is 24.8 Å². The molecule has 1 aliphatic rings. The van der Waals surface area contributed by atoms with E-state index in [0.29, 0.717) is 6.54 Å². The van der Waals surface area contributed by atoms with E-state index in [0.717, 1.165) is 32.4 Å². The molecular formula is C21H24N4O. The third-order valence-corrected chi connectivity index (χ3v) is 5.31. The molecule has 0 bridgehead atoms. The number of nitrogens with zero attached hydrogens (tertiary/aromatic N) is 2. The number of amides is 1. The molecule has 0 aliphatic carbocycles. The molecule has 1 saturated heterocycles. The predicted molar refractivity (Wildman–Crippen MR) is 103 cm³/mol.